The highest BCUT2D eigenvalue weighted by atomic mass is 31.2. The van der Waals surface area contributed by atoms with Gasteiger partial charge in [-0.2, -0.15) is 0 Å². The Morgan fingerprint density at radius 1 is 0.931 bits per heavy atom. The van der Waals surface area contributed by atoms with Crippen molar-refractivity contribution >= 4 is 26.7 Å². The van der Waals surface area contributed by atoms with Crippen LogP contribution < -0.4 is 0 Å². The number of phosphoric ester groups is 1. The lowest BCUT2D eigenvalue weighted by Gasteiger charge is -2.20. The third-order valence-electron chi connectivity index (χ3n) is 3.15. The molecule has 0 aliphatic carbocycles. The largest absolute Gasteiger partial charge is 0.529 e. The van der Waals surface area contributed by atoms with Crippen LogP contribution >= 0.6 is 15.4 Å². The fourth-order valence-corrected chi connectivity index (χ4v) is 4.95. The smallest absolute Gasteiger partial charge is 0.463 e. The van der Waals surface area contributed by atoms with Crippen LogP contribution in [0.15, 0.2) is 23.0 Å². The van der Waals surface area contributed by atoms with Crippen LogP contribution in [-0.4, -0.2) is 39.0 Å². The summed E-state index contributed by atoms with van der Waals surface area (Å²) in [7, 11) is -8.03. The van der Waals surface area contributed by atoms with E-state index in [2.05, 4.69) is 0 Å². The zero-order valence-corrected chi connectivity index (χ0v) is 19.0. The minimum Gasteiger partial charge on any atom is -0.463 e. The maximum atomic E-state index is 13.4. The van der Waals surface area contributed by atoms with Crippen molar-refractivity contribution in [3.05, 3.63) is 29.9 Å². The SMILES string of the molecule is CCOC(=O)c1ccoc1C(=COP(=O)(OCC)OCC)P(=O)(OCC)OCC. The average Bonchev–Trinajstić information content (AvgIpc) is 3.12. The van der Waals surface area contributed by atoms with Gasteiger partial charge in [0, 0.05) is 0 Å². The number of carbonyl (C=O) groups is 1. The Hall–Kier alpha value is -1.41. The van der Waals surface area contributed by atoms with Crippen LogP contribution in [0.4, 0.5) is 0 Å². The summed E-state index contributed by atoms with van der Waals surface area (Å²) in [5.41, 5.74) is -0.0241. The zero-order valence-electron chi connectivity index (χ0n) is 17.2. The van der Waals surface area contributed by atoms with E-state index in [-0.39, 0.29) is 49.7 Å². The summed E-state index contributed by atoms with van der Waals surface area (Å²) in [4.78, 5) is 12.3. The van der Waals surface area contributed by atoms with Gasteiger partial charge < -0.3 is 22.7 Å². The Labute approximate surface area is 170 Å². The van der Waals surface area contributed by atoms with E-state index in [0.717, 1.165) is 6.26 Å². The molecule has 1 heterocycles. The van der Waals surface area contributed by atoms with Crippen molar-refractivity contribution in [1.82, 2.24) is 0 Å². The fraction of sp³-hybridized carbons (Fsp3) is 0.588. The number of phosphoric acid groups is 1. The van der Waals surface area contributed by atoms with E-state index < -0.39 is 21.4 Å². The second-order valence-electron chi connectivity index (χ2n) is 5.11. The molecule has 0 bridgehead atoms. The van der Waals surface area contributed by atoms with Gasteiger partial charge in [0.05, 0.1) is 39.3 Å². The number of carbonyl (C=O) groups excluding carboxylic acids is 1. The van der Waals surface area contributed by atoms with Gasteiger partial charge in [0.25, 0.3) is 0 Å². The first-order valence-corrected chi connectivity index (χ1v) is 12.2. The minimum absolute atomic E-state index is 0.0241. The highest BCUT2D eigenvalue weighted by Gasteiger charge is 2.38. The predicted octanol–water partition coefficient (Wildman–Crippen LogP) is 5.22. The number of furan rings is 1. The maximum absolute atomic E-state index is 13.4. The topological polar surface area (TPSA) is 120 Å². The van der Waals surface area contributed by atoms with E-state index in [1.165, 1.54) is 12.3 Å². The molecule has 29 heavy (non-hydrogen) atoms. The summed E-state index contributed by atoms with van der Waals surface area (Å²) < 4.78 is 62.4. The van der Waals surface area contributed by atoms with Gasteiger partial charge in [-0.05, 0) is 40.7 Å². The first-order valence-electron chi connectivity index (χ1n) is 9.22. The third-order valence-corrected chi connectivity index (χ3v) is 6.76. The van der Waals surface area contributed by atoms with Crippen LogP contribution in [0.1, 0.15) is 50.7 Å². The second kappa shape index (κ2) is 12.3. The number of ether oxygens (including phenoxy) is 1. The summed E-state index contributed by atoms with van der Waals surface area (Å²) in [6.07, 6.45) is 2.07. The Morgan fingerprint density at radius 3 is 1.97 bits per heavy atom. The molecule has 12 heteroatoms. The van der Waals surface area contributed by atoms with Crippen LogP contribution in [0.2, 0.25) is 0 Å². The number of hydrogen-bond donors (Lipinski definition) is 0. The van der Waals surface area contributed by atoms with Gasteiger partial charge in [0.15, 0.2) is 5.76 Å². The quantitative estimate of drug-likeness (QED) is 0.210. The van der Waals surface area contributed by atoms with Crippen molar-refractivity contribution in [3.63, 3.8) is 0 Å². The molecule has 10 nitrogen and oxygen atoms in total. The van der Waals surface area contributed by atoms with E-state index >= 15 is 0 Å². The third kappa shape index (κ3) is 7.10. The molecule has 1 aromatic rings. The van der Waals surface area contributed by atoms with E-state index in [1.54, 1.807) is 34.6 Å². The van der Waals surface area contributed by atoms with E-state index in [4.69, 9.17) is 31.8 Å². The van der Waals surface area contributed by atoms with Crippen molar-refractivity contribution in [2.24, 2.45) is 0 Å². The molecule has 0 fully saturated rings. The van der Waals surface area contributed by atoms with Gasteiger partial charge in [-0.3, -0.25) is 13.6 Å². The Kier molecular flexibility index (Phi) is 10.9. The molecule has 1 rings (SSSR count). The summed E-state index contributed by atoms with van der Waals surface area (Å²) in [6, 6.07) is 1.34. The monoisotopic (exact) mass is 454 g/mol. The molecular weight excluding hydrogens is 426 g/mol. The summed E-state index contributed by atoms with van der Waals surface area (Å²) in [5, 5.41) is -0.256. The first kappa shape index (κ1) is 25.6. The lowest BCUT2D eigenvalue weighted by molar-refractivity contribution is 0.0525. The van der Waals surface area contributed by atoms with Gasteiger partial charge in [-0.15, -0.1) is 0 Å². The number of esters is 1. The van der Waals surface area contributed by atoms with Crippen molar-refractivity contribution in [2.45, 2.75) is 34.6 Å². The molecule has 0 atom stereocenters. The van der Waals surface area contributed by atoms with Crippen molar-refractivity contribution in [1.29, 1.82) is 0 Å². The number of rotatable bonds is 14. The normalized spacial score (nSPS) is 12.8. The standard InChI is InChI=1S/C17H28O10P2/c1-6-21-17(18)14-11-12-22-16(14)15(28(19,23-7-2)24-8-3)13-27-29(20,25-9-4)26-10-5/h11-13H,6-10H2,1-5H3. The molecule has 0 spiro atoms. The Morgan fingerprint density at radius 2 is 1.48 bits per heavy atom. The maximum Gasteiger partial charge on any atom is 0.529 e. The molecule has 0 aliphatic heterocycles. The molecule has 0 saturated heterocycles. The summed E-state index contributed by atoms with van der Waals surface area (Å²) >= 11 is 0. The molecule has 1 aromatic heterocycles. The molecule has 0 radical (unpaired) electrons. The van der Waals surface area contributed by atoms with Gasteiger partial charge in [-0.1, -0.05) is 0 Å². The van der Waals surface area contributed by atoms with Gasteiger partial charge >= 0.3 is 21.4 Å². The fourth-order valence-electron chi connectivity index (χ4n) is 2.16. The predicted molar refractivity (Wildman–Crippen MR) is 105 cm³/mol. The Balaban J connectivity index is 3.52. The van der Waals surface area contributed by atoms with Gasteiger partial charge in [0.2, 0.25) is 0 Å². The van der Waals surface area contributed by atoms with Crippen LogP contribution in [0.5, 0.6) is 0 Å². The lowest BCUT2D eigenvalue weighted by atomic mass is 10.2. The molecule has 0 saturated carbocycles. The summed E-state index contributed by atoms with van der Waals surface area (Å²) in [5.74, 6) is -0.868. The second-order valence-corrected chi connectivity index (χ2v) is 8.72. The molecule has 0 aliphatic rings. The van der Waals surface area contributed by atoms with Crippen LogP contribution in [0.25, 0.3) is 5.31 Å². The Bertz CT molecular complexity index is 750. The average molecular weight is 454 g/mol. The lowest BCUT2D eigenvalue weighted by Crippen LogP contribution is -2.07. The van der Waals surface area contributed by atoms with Crippen LogP contribution in [-0.2, 0) is 36.5 Å². The first-order chi connectivity index (χ1) is 13.8. The number of hydrogen-bond acceptors (Lipinski definition) is 10. The van der Waals surface area contributed by atoms with E-state index in [1.807, 2.05) is 0 Å². The summed E-state index contributed by atoms with van der Waals surface area (Å²) in [6.45, 7) is 8.35. The van der Waals surface area contributed by atoms with Crippen molar-refractivity contribution < 1.29 is 45.7 Å². The zero-order chi connectivity index (χ0) is 21.9. The molecule has 0 aromatic carbocycles. The molecule has 0 amide bonds. The van der Waals surface area contributed by atoms with E-state index in [9.17, 15) is 13.9 Å². The van der Waals surface area contributed by atoms with Gasteiger partial charge in [0.1, 0.15) is 17.1 Å². The molecule has 0 unspecified atom stereocenters. The molecule has 0 N–H and O–H groups in total. The van der Waals surface area contributed by atoms with E-state index in [0.29, 0.717) is 0 Å². The van der Waals surface area contributed by atoms with Gasteiger partial charge in [-0.25, -0.2) is 9.36 Å². The van der Waals surface area contributed by atoms with Crippen LogP contribution in [0, 0.1) is 0 Å². The molecular formula is C17H28O10P2. The van der Waals surface area contributed by atoms with Crippen molar-refractivity contribution in [2.75, 3.05) is 33.0 Å². The minimum atomic E-state index is -4.03. The van der Waals surface area contributed by atoms with Crippen LogP contribution in [0.3, 0.4) is 0 Å². The highest BCUT2D eigenvalue weighted by Crippen LogP contribution is 2.62. The van der Waals surface area contributed by atoms with Crippen molar-refractivity contribution in [3.8, 4) is 0 Å². The molecule has 166 valence electrons. The highest BCUT2D eigenvalue weighted by molar-refractivity contribution is 7.65.